The highest BCUT2D eigenvalue weighted by atomic mass is 32.2. The summed E-state index contributed by atoms with van der Waals surface area (Å²) in [5.74, 6) is -0.412. The van der Waals surface area contributed by atoms with E-state index in [0.717, 1.165) is 16.9 Å². The quantitative estimate of drug-likeness (QED) is 0.535. The maximum atomic E-state index is 12.9. The van der Waals surface area contributed by atoms with Crippen LogP contribution in [0.5, 0.6) is 0 Å². The highest BCUT2D eigenvalue weighted by Gasteiger charge is 2.29. The van der Waals surface area contributed by atoms with Crippen molar-refractivity contribution < 1.29 is 17.9 Å². The third-order valence-corrected chi connectivity index (χ3v) is 8.41. The van der Waals surface area contributed by atoms with Crippen molar-refractivity contribution in [1.29, 1.82) is 0 Å². The average molecular weight is 468 g/mol. The number of aryl methyl sites for hydroxylation is 2. The summed E-state index contributed by atoms with van der Waals surface area (Å²) in [6.07, 6.45) is 0.804. The molecule has 0 radical (unpaired) electrons. The van der Waals surface area contributed by atoms with Gasteiger partial charge in [-0.25, -0.2) is 13.2 Å². The molecule has 2 aromatic rings. The van der Waals surface area contributed by atoms with Gasteiger partial charge in [-0.1, -0.05) is 24.6 Å². The van der Waals surface area contributed by atoms with Crippen LogP contribution in [0.3, 0.4) is 0 Å². The van der Waals surface area contributed by atoms with E-state index in [-0.39, 0.29) is 0 Å². The van der Waals surface area contributed by atoms with Crippen LogP contribution in [-0.2, 0) is 21.2 Å². The molecule has 1 fully saturated rings. The molecule has 7 nitrogen and oxygen atoms in total. The zero-order valence-corrected chi connectivity index (χ0v) is 19.6. The number of carbonyl (C=O) groups is 1. The van der Waals surface area contributed by atoms with E-state index in [0.29, 0.717) is 46.8 Å². The van der Waals surface area contributed by atoms with Crippen molar-refractivity contribution in [3.05, 3.63) is 46.3 Å². The van der Waals surface area contributed by atoms with Crippen LogP contribution < -0.4 is 5.32 Å². The second-order valence-corrected chi connectivity index (χ2v) is 10.4. The van der Waals surface area contributed by atoms with Crippen LogP contribution in [0.25, 0.3) is 0 Å². The lowest BCUT2D eigenvalue weighted by atomic mass is 10.2. The summed E-state index contributed by atoms with van der Waals surface area (Å²) in [5.41, 5.74) is 1.48. The molecule has 0 atom stereocenters. The lowest BCUT2D eigenvalue weighted by molar-refractivity contribution is 0.0602. The Hall–Kier alpha value is -2.01. The highest BCUT2D eigenvalue weighted by molar-refractivity contribution is 7.89. The number of sulfonamides is 1. The zero-order chi connectivity index (χ0) is 21.9. The smallest absolute Gasteiger partial charge is 0.340 e. The van der Waals surface area contributed by atoms with Crippen LogP contribution in [0.4, 0.5) is 5.00 Å². The molecule has 162 valence electrons. The minimum Gasteiger partial charge on any atom is -0.465 e. The Morgan fingerprint density at radius 1 is 1.20 bits per heavy atom. The summed E-state index contributed by atoms with van der Waals surface area (Å²) < 4.78 is 32.1. The number of esters is 1. The lowest BCUT2D eigenvalue weighted by Gasteiger charge is -2.35. The minimum absolute atomic E-state index is 0.302. The molecule has 0 unspecified atom stereocenters. The van der Waals surface area contributed by atoms with E-state index in [9.17, 15) is 13.2 Å². The number of rotatable bonds is 5. The Morgan fingerprint density at radius 3 is 2.40 bits per heavy atom. The topological polar surface area (TPSA) is 79.0 Å². The van der Waals surface area contributed by atoms with Gasteiger partial charge in [-0.2, -0.15) is 4.31 Å². The average Bonchev–Trinajstić information content (AvgIpc) is 3.16. The SMILES string of the molecule is CCc1cc(C(=O)OC)c(NC(=S)N2CCN(S(=O)(=O)c3ccc(C)cc3)CC2)s1. The first-order valence-corrected chi connectivity index (χ1v) is 12.3. The van der Waals surface area contributed by atoms with Gasteiger partial charge >= 0.3 is 5.97 Å². The summed E-state index contributed by atoms with van der Waals surface area (Å²) >= 11 is 6.99. The maximum Gasteiger partial charge on any atom is 0.340 e. The number of anilines is 1. The highest BCUT2D eigenvalue weighted by Crippen LogP contribution is 2.30. The van der Waals surface area contributed by atoms with Crippen LogP contribution in [0.1, 0.15) is 27.7 Å². The minimum atomic E-state index is -3.52. The number of thiocarbonyl (C=S) groups is 1. The fraction of sp³-hybridized carbons (Fsp3) is 0.400. The van der Waals surface area contributed by atoms with Crippen LogP contribution >= 0.6 is 23.6 Å². The molecule has 10 heteroatoms. The van der Waals surface area contributed by atoms with Gasteiger partial charge in [0.05, 0.1) is 17.6 Å². The summed E-state index contributed by atoms with van der Waals surface area (Å²) in [6, 6.07) is 8.69. The second-order valence-electron chi connectivity index (χ2n) is 6.93. The molecule has 2 heterocycles. The van der Waals surface area contributed by atoms with E-state index < -0.39 is 16.0 Å². The number of hydrogen-bond donors (Lipinski definition) is 1. The Labute approximate surface area is 186 Å². The molecular weight excluding hydrogens is 442 g/mol. The first-order valence-electron chi connectivity index (χ1n) is 9.60. The molecule has 0 saturated carbocycles. The van der Waals surface area contributed by atoms with Gasteiger partial charge in [0.1, 0.15) is 5.00 Å². The van der Waals surface area contributed by atoms with E-state index in [1.807, 2.05) is 24.8 Å². The largest absolute Gasteiger partial charge is 0.465 e. The lowest BCUT2D eigenvalue weighted by Crippen LogP contribution is -2.51. The van der Waals surface area contributed by atoms with Crippen molar-refractivity contribution in [2.75, 3.05) is 38.6 Å². The third kappa shape index (κ3) is 4.83. The molecule has 30 heavy (non-hydrogen) atoms. The van der Waals surface area contributed by atoms with Crippen molar-refractivity contribution in [3.63, 3.8) is 0 Å². The summed E-state index contributed by atoms with van der Waals surface area (Å²) in [4.78, 5) is 15.3. The Balaban J connectivity index is 1.65. The van der Waals surface area contributed by atoms with Crippen molar-refractivity contribution in [2.24, 2.45) is 0 Å². The van der Waals surface area contributed by atoms with E-state index in [4.69, 9.17) is 17.0 Å². The van der Waals surface area contributed by atoms with Crippen LogP contribution in [0.15, 0.2) is 35.2 Å². The van der Waals surface area contributed by atoms with Crippen molar-refractivity contribution in [2.45, 2.75) is 25.2 Å². The first kappa shape index (κ1) is 22.7. The summed E-state index contributed by atoms with van der Waals surface area (Å²) in [5, 5.41) is 4.27. The molecule has 1 aromatic heterocycles. The predicted molar refractivity (Wildman–Crippen MR) is 123 cm³/mol. The molecule has 0 amide bonds. The molecule has 3 rings (SSSR count). The second kappa shape index (κ2) is 9.42. The normalized spacial score (nSPS) is 15.1. The molecule has 0 aliphatic carbocycles. The van der Waals surface area contributed by atoms with E-state index in [1.165, 1.54) is 22.8 Å². The van der Waals surface area contributed by atoms with E-state index in [2.05, 4.69) is 5.32 Å². The number of hydrogen-bond acceptors (Lipinski definition) is 6. The van der Waals surface area contributed by atoms with E-state index >= 15 is 0 Å². The maximum absolute atomic E-state index is 12.9. The van der Waals surface area contributed by atoms with Crippen molar-refractivity contribution in [1.82, 2.24) is 9.21 Å². The van der Waals surface area contributed by atoms with Gasteiger partial charge < -0.3 is 15.0 Å². The number of ether oxygens (including phenoxy) is 1. The van der Waals surface area contributed by atoms with Gasteiger partial charge in [0.25, 0.3) is 0 Å². The molecule has 1 N–H and O–H groups in total. The Bertz CT molecular complexity index is 1020. The predicted octanol–water partition coefficient (Wildman–Crippen LogP) is 3.11. The van der Waals surface area contributed by atoms with Crippen molar-refractivity contribution in [3.8, 4) is 0 Å². The number of nitrogens with one attached hydrogen (secondary N) is 1. The van der Waals surface area contributed by atoms with Gasteiger partial charge in [-0.05, 0) is 43.8 Å². The molecule has 1 saturated heterocycles. The summed E-state index contributed by atoms with van der Waals surface area (Å²) in [6.45, 7) is 5.56. The number of thiophene rings is 1. The number of benzene rings is 1. The zero-order valence-electron chi connectivity index (χ0n) is 17.2. The number of methoxy groups -OCH3 is 1. The fourth-order valence-electron chi connectivity index (χ4n) is 3.14. The van der Waals surface area contributed by atoms with Gasteiger partial charge in [0.15, 0.2) is 5.11 Å². The number of nitrogens with zero attached hydrogens (tertiary/aromatic N) is 2. The van der Waals surface area contributed by atoms with Crippen LogP contribution in [0, 0.1) is 6.92 Å². The number of piperazine rings is 1. The van der Waals surface area contributed by atoms with Gasteiger partial charge in [-0.3, -0.25) is 0 Å². The summed E-state index contributed by atoms with van der Waals surface area (Å²) in [7, 11) is -2.18. The van der Waals surface area contributed by atoms with Crippen LogP contribution in [0.2, 0.25) is 0 Å². The Morgan fingerprint density at radius 2 is 1.83 bits per heavy atom. The molecule has 0 bridgehead atoms. The number of carbonyl (C=O) groups excluding carboxylic acids is 1. The Kier molecular flexibility index (Phi) is 7.12. The van der Waals surface area contributed by atoms with Gasteiger partial charge in [0.2, 0.25) is 10.0 Å². The van der Waals surface area contributed by atoms with Crippen LogP contribution in [-0.4, -0.2) is 62.0 Å². The van der Waals surface area contributed by atoms with E-state index in [1.54, 1.807) is 24.3 Å². The molecule has 1 aliphatic rings. The molecular formula is C20H25N3O4S3. The molecule has 0 spiro atoms. The van der Waals surface area contributed by atoms with Crippen molar-refractivity contribution >= 4 is 49.7 Å². The standard InChI is InChI=1S/C20H25N3O4S3/c1-4-15-13-17(19(24)27-3)18(29-15)21-20(28)22-9-11-23(12-10-22)30(25,26)16-7-5-14(2)6-8-16/h5-8,13H,4,9-12H2,1-3H3,(H,21,28). The van der Waals surface area contributed by atoms with Gasteiger partial charge in [0, 0.05) is 31.1 Å². The molecule has 1 aliphatic heterocycles. The fourth-order valence-corrected chi connectivity index (χ4v) is 5.89. The molecule has 1 aromatic carbocycles. The third-order valence-electron chi connectivity index (χ3n) is 4.94. The monoisotopic (exact) mass is 467 g/mol. The van der Waals surface area contributed by atoms with Gasteiger partial charge in [-0.15, -0.1) is 11.3 Å². The first-order chi connectivity index (χ1) is 14.3.